The summed E-state index contributed by atoms with van der Waals surface area (Å²) in [6, 6.07) is 1.86. The van der Waals surface area contributed by atoms with Crippen LogP contribution < -0.4 is 10.6 Å². The minimum absolute atomic E-state index is 0.154. The van der Waals surface area contributed by atoms with Crippen LogP contribution in [0.4, 0.5) is 11.5 Å². The fraction of sp³-hybridized carbons (Fsp3) is 0.500. The van der Waals surface area contributed by atoms with Gasteiger partial charge in [0.2, 0.25) is 0 Å². The van der Waals surface area contributed by atoms with Crippen LogP contribution in [0.5, 0.6) is 0 Å². The van der Waals surface area contributed by atoms with Crippen molar-refractivity contribution in [2.24, 2.45) is 0 Å². The number of nitrogens with two attached hydrogens (primary N) is 1. The fourth-order valence-electron chi connectivity index (χ4n) is 1.79. The second-order valence-electron chi connectivity index (χ2n) is 3.78. The summed E-state index contributed by atoms with van der Waals surface area (Å²) < 4.78 is 0.952. The first kappa shape index (κ1) is 10.7. The zero-order valence-corrected chi connectivity index (χ0v) is 9.94. The molecule has 0 saturated carbocycles. The van der Waals surface area contributed by atoms with Crippen LogP contribution in [-0.4, -0.2) is 29.3 Å². The van der Waals surface area contributed by atoms with Crippen LogP contribution in [0.1, 0.15) is 12.8 Å². The van der Waals surface area contributed by atoms with Gasteiger partial charge in [-0.3, -0.25) is 0 Å². The number of halogens is 1. The van der Waals surface area contributed by atoms with Crippen molar-refractivity contribution >= 4 is 27.4 Å². The number of hydrogen-bond donors (Lipinski definition) is 2. The lowest BCUT2D eigenvalue weighted by molar-refractivity contribution is 0.145. The van der Waals surface area contributed by atoms with E-state index < -0.39 is 0 Å². The lowest BCUT2D eigenvalue weighted by Crippen LogP contribution is -2.36. The predicted molar refractivity (Wildman–Crippen MR) is 63.8 cm³/mol. The highest BCUT2D eigenvalue weighted by Crippen LogP contribution is 2.29. The van der Waals surface area contributed by atoms with E-state index in [0.29, 0.717) is 5.82 Å². The van der Waals surface area contributed by atoms with E-state index in [9.17, 15) is 5.11 Å². The maximum atomic E-state index is 9.42. The standard InChI is InChI=1S/C10H14BrN3O/c11-8-6-13-10(12)5-9(8)14-3-1-7(15)2-4-14/h5-7,15H,1-4H2,(H2,12,13). The molecule has 0 aromatic carbocycles. The Balaban J connectivity index is 2.18. The van der Waals surface area contributed by atoms with Gasteiger partial charge in [0.25, 0.3) is 0 Å². The largest absolute Gasteiger partial charge is 0.393 e. The normalized spacial score (nSPS) is 18.1. The topological polar surface area (TPSA) is 62.4 Å². The maximum Gasteiger partial charge on any atom is 0.125 e. The highest BCUT2D eigenvalue weighted by Gasteiger charge is 2.19. The van der Waals surface area contributed by atoms with Crippen LogP contribution in [0.2, 0.25) is 0 Å². The van der Waals surface area contributed by atoms with E-state index >= 15 is 0 Å². The minimum atomic E-state index is -0.154. The molecule has 2 rings (SSSR count). The summed E-state index contributed by atoms with van der Waals surface area (Å²) in [4.78, 5) is 6.22. The number of anilines is 2. The zero-order valence-electron chi connectivity index (χ0n) is 8.36. The third kappa shape index (κ3) is 2.41. The summed E-state index contributed by atoms with van der Waals surface area (Å²) in [6.07, 6.45) is 3.19. The third-order valence-electron chi connectivity index (χ3n) is 2.66. The minimum Gasteiger partial charge on any atom is -0.393 e. The quantitative estimate of drug-likeness (QED) is 0.811. The Morgan fingerprint density at radius 2 is 2.13 bits per heavy atom. The molecule has 0 spiro atoms. The second kappa shape index (κ2) is 4.37. The summed E-state index contributed by atoms with van der Waals surface area (Å²) in [5.41, 5.74) is 6.72. The van der Waals surface area contributed by atoms with Crippen LogP contribution >= 0.6 is 15.9 Å². The van der Waals surface area contributed by atoms with Gasteiger partial charge in [0.15, 0.2) is 0 Å². The SMILES string of the molecule is Nc1cc(N2CCC(O)CC2)c(Br)cn1. The van der Waals surface area contributed by atoms with E-state index in [-0.39, 0.29) is 6.10 Å². The molecule has 0 bridgehead atoms. The first-order valence-electron chi connectivity index (χ1n) is 5.01. The number of aliphatic hydroxyl groups is 1. The Hall–Kier alpha value is -0.810. The zero-order chi connectivity index (χ0) is 10.8. The van der Waals surface area contributed by atoms with Crippen molar-refractivity contribution < 1.29 is 5.11 Å². The van der Waals surface area contributed by atoms with Crippen molar-refractivity contribution in [1.82, 2.24) is 4.98 Å². The fourth-order valence-corrected chi connectivity index (χ4v) is 2.26. The van der Waals surface area contributed by atoms with Gasteiger partial charge in [-0.15, -0.1) is 0 Å². The van der Waals surface area contributed by atoms with E-state index in [0.717, 1.165) is 36.1 Å². The number of aliphatic hydroxyl groups excluding tert-OH is 1. The molecule has 0 atom stereocenters. The van der Waals surface area contributed by atoms with Crippen LogP contribution in [0.3, 0.4) is 0 Å². The summed E-state index contributed by atoms with van der Waals surface area (Å²) in [5.74, 6) is 0.527. The molecule has 0 radical (unpaired) electrons. The molecule has 82 valence electrons. The highest BCUT2D eigenvalue weighted by molar-refractivity contribution is 9.10. The van der Waals surface area contributed by atoms with Gasteiger partial charge < -0.3 is 15.7 Å². The van der Waals surface area contributed by atoms with Crippen molar-refractivity contribution in [2.75, 3.05) is 23.7 Å². The van der Waals surface area contributed by atoms with Gasteiger partial charge in [0, 0.05) is 25.4 Å². The smallest absolute Gasteiger partial charge is 0.125 e. The third-order valence-corrected chi connectivity index (χ3v) is 3.27. The molecule has 1 fully saturated rings. The van der Waals surface area contributed by atoms with Crippen molar-refractivity contribution in [3.8, 4) is 0 Å². The molecule has 1 aromatic rings. The number of rotatable bonds is 1. The predicted octanol–water partition coefficient (Wildman–Crippen LogP) is 1.39. The Bertz CT molecular complexity index is 351. The van der Waals surface area contributed by atoms with E-state index in [4.69, 9.17) is 5.73 Å². The number of nitrogen functional groups attached to an aromatic ring is 1. The van der Waals surface area contributed by atoms with E-state index in [1.807, 2.05) is 6.07 Å². The Morgan fingerprint density at radius 3 is 2.80 bits per heavy atom. The molecule has 1 saturated heterocycles. The van der Waals surface area contributed by atoms with Gasteiger partial charge in [0.1, 0.15) is 5.82 Å². The molecule has 4 nitrogen and oxygen atoms in total. The van der Waals surface area contributed by atoms with Crippen molar-refractivity contribution in [3.63, 3.8) is 0 Å². The van der Waals surface area contributed by atoms with Gasteiger partial charge in [-0.1, -0.05) is 0 Å². The molecular weight excluding hydrogens is 258 g/mol. The molecule has 0 amide bonds. The molecule has 1 aliphatic rings. The van der Waals surface area contributed by atoms with Gasteiger partial charge in [-0.2, -0.15) is 0 Å². The number of nitrogens with zero attached hydrogens (tertiary/aromatic N) is 2. The summed E-state index contributed by atoms with van der Waals surface area (Å²) in [6.45, 7) is 1.73. The molecular formula is C10H14BrN3O. The highest BCUT2D eigenvalue weighted by atomic mass is 79.9. The van der Waals surface area contributed by atoms with Gasteiger partial charge in [-0.25, -0.2) is 4.98 Å². The van der Waals surface area contributed by atoms with Crippen LogP contribution in [0, 0.1) is 0 Å². The van der Waals surface area contributed by atoms with Crippen LogP contribution in [0.15, 0.2) is 16.7 Å². The molecule has 3 N–H and O–H groups in total. The van der Waals surface area contributed by atoms with E-state index in [1.54, 1.807) is 6.20 Å². The molecule has 5 heteroatoms. The van der Waals surface area contributed by atoms with Gasteiger partial charge >= 0.3 is 0 Å². The number of hydrogen-bond acceptors (Lipinski definition) is 4. The number of piperidine rings is 1. The number of pyridine rings is 1. The van der Waals surface area contributed by atoms with Gasteiger partial charge in [0.05, 0.1) is 16.3 Å². The first-order chi connectivity index (χ1) is 7.16. The molecule has 15 heavy (non-hydrogen) atoms. The maximum absolute atomic E-state index is 9.42. The van der Waals surface area contributed by atoms with Crippen molar-refractivity contribution in [2.45, 2.75) is 18.9 Å². The van der Waals surface area contributed by atoms with E-state index in [1.165, 1.54) is 0 Å². The summed E-state index contributed by atoms with van der Waals surface area (Å²) >= 11 is 3.46. The molecule has 1 aromatic heterocycles. The lowest BCUT2D eigenvalue weighted by Gasteiger charge is -2.32. The van der Waals surface area contributed by atoms with Gasteiger partial charge in [-0.05, 0) is 28.8 Å². The first-order valence-corrected chi connectivity index (χ1v) is 5.80. The Morgan fingerprint density at radius 1 is 1.47 bits per heavy atom. The summed E-state index contributed by atoms with van der Waals surface area (Å²) in [7, 11) is 0. The second-order valence-corrected chi connectivity index (χ2v) is 4.63. The molecule has 0 aliphatic carbocycles. The molecule has 0 unspecified atom stereocenters. The van der Waals surface area contributed by atoms with Crippen molar-refractivity contribution in [3.05, 3.63) is 16.7 Å². The van der Waals surface area contributed by atoms with Crippen LogP contribution in [0.25, 0.3) is 0 Å². The lowest BCUT2D eigenvalue weighted by atomic mass is 10.1. The van der Waals surface area contributed by atoms with E-state index in [2.05, 4.69) is 25.8 Å². The Kier molecular flexibility index (Phi) is 3.11. The van der Waals surface area contributed by atoms with Crippen molar-refractivity contribution in [1.29, 1.82) is 0 Å². The summed E-state index contributed by atoms with van der Waals surface area (Å²) in [5, 5.41) is 9.42. The number of aromatic nitrogens is 1. The van der Waals surface area contributed by atoms with Crippen LogP contribution in [-0.2, 0) is 0 Å². The monoisotopic (exact) mass is 271 g/mol. The molecule has 2 heterocycles. The average Bonchev–Trinajstić information content (AvgIpc) is 2.23. The molecule has 1 aliphatic heterocycles. The average molecular weight is 272 g/mol. The Labute approximate surface area is 97.2 Å².